The largest absolute Gasteiger partial charge is 0.216 e. The summed E-state index contributed by atoms with van der Waals surface area (Å²) in [6.45, 7) is 8.61. The molecule has 0 fully saturated rings. The summed E-state index contributed by atoms with van der Waals surface area (Å²) in [4.78, 5) is 0. The van der Waals surface area contributed by atoms with Crippen LogP contribution in [-0.2, 0) is 6.42 Å². The highest BCUT2D eigenvalue weighted by molar-refractivity contribution is 5.33. The predicted molar refractivity (Wildman–Crippen MR) is 69.7 cm³/mol. The van der Waals surface area contributed by atoms with Gasteiger partial charge in [0.1, 0.15) is 19.1 Å². The summed E-state index contributed by atoms with van der Waals surface area (Å²) >= 11 is 0. The van der Waals surface area contributed by atoms with Gasteiger partial charge in [0, 0.05) is 12.0 Å². The smallest absolute Gasteiger partial charge is 0.145 e. The summed E-state index contributed by atoms with van der Waals surface area (Å²) in [6.07, 6.45) is 5.61. The van der Waals surface area contributed by atoms with E-state index in [1.54, 1.807) is 12.2 Å². The minimum Gasteiger partial charge on any atom is -0.216 e. The molecule has 0 saturated carbocycles. The van der Waals surface area contributed by atoms with Crippen molar-refractivity contribution in [2.45, 2.75) is 18.9 Å². The third-order valence-electron chi connectivity index (χ3n) is 3.57. The lowest BCUT2D eigenvalue weighted by Gasteiger charge is -2.34. The summed E-state index contributed by atoms with van der Waals surface area (Å²) in [7, 11) is 0. The van der Waals surface area contributed by atoms with Gasteiger partial charge < -0.3 is 0 Å². The van der Waals surface area contributed by atoms with Crippen molar-refractivity contribution in [2.75, 3.05) is 13.1 Å². The molecule has 0 aromatic heterocycles. The Hall–Kier alpha value is -1.38. The number of hydrogen-bond donors (Lipinski definition) is 1. The first-order chi connectivity index (χ1) is 8.21. The molecule has 2 rings (SSSR count). The standard InChI is InChI=1S/C15H20NO/c1-3-11-16(17,12-4-2)15-10-9-13-7-5-6-8-14(13)15/h3-8,15,17H,1-2,9-12H2/q+1. The van der Waals surface area contributed by atoms with Gasteiger partial charge in [-0.15, -0.1) is 0 Å². The molecule has 2 heteroatoms. The number of aryl methyl sites for hydroxylation is 1. The molecule has 0 heterocycles. The van der Waals surface area contributed by atoms with Crippen LogP contribution in [0, 0.1) is 0 Å². The van der Waals surface area contributed by atoms with Crippen LogP contribution in [-0.4, -0.2) is 22.9 Å². The Kier molecular flexibility index (Phi) is 3.46. The minimum absolute atomic E-state index is 0.00398. The molecule has 1 aromatic carbocycles. The van der Waals surface area contributed by atoms with E-state index in [0.29, 0.717) is 13.1 Å². The van der Waals surface area contributed by atoms with Crippen molar-refractivity contribution in [2.24, 2.45) is 0 Å². The van der Waals surface area contributed by atoms with Gasteiger partial charge in [0.05, 0.1) is 0 Å². The summed E-state index contributed by atoms with van der Waals surface area (Å²) in [6, 6.07) is 8.55. The van der Waals surface area contributed by atoms with Crippen LogP contribution in [0.2, 0.25) is 0 Å². The van der Waals surface area contributed by atoms with E-state index >= 15 is 0 Å². The molecular formula is C15H20NO+. The van der Waals surface area contributed by atoms with Gasteiger partial charge in [-0.3, -0.25) is 0 Å². The van der Waals surface area contributed by atoms with Crippen molar-refractivity contribution in [3.05, 3.63) is 60.7 Å². The fourth-order valence-corrected chi connectivity index (χ4v) is 2.81. The van der Waals surface area contributed by atoms with Crippen LogP contribution in [0.1, 0.15) is 23.6 Å². The molecule has 0 saturated heterocycles. The zero-order chi connectivity index (χ0) is 12.3. The van der Waals surface area contributed by atoms with Crippen molar-refractivity contribution in [1.82, 2.24) is 0 Å². The Morgan fingerprint density at radius 3 is 2.53 bits per heavy atom. The summed E-state index contributed by atoms with van der Waals surface area (Å²) in [5.41, 5.74) is 2.64. The zero-order valence-corrected chi connectivity index (χ0v) is 10.2. The summed E-state index contributed by atoms with van der Waals surface area (Å²) in [5, 5.41) is 10.8. The molecule has 1 aliphatic carbocycles. The van der Waals surface area contributed by atoms with Crippen molar-refractivity contribution in [3.63, 3.8) is 0 Å². The van der Waals surface area contributed by atoms with Crippen LogP contribution < -0.4 is 0 Å². The van der Waals surface area contributed by atoms with Gasteiger partial charge in [0.25, 0.3) is 0 Å². The van der Waals surface area contributed by atoms with Crippen molar-refractivity contribution in [3.8, 4) is 0 Å². The second kappa shape index (κ2) is 4.86. The highest BCUT2D eigenvalue weighted by Crippen LogP contribution is 2.39. The highest BCUT2D eigenvalue weighted by Gasteiger charge is 2.39. The predicted octanol–water partition coefficient (Wildman–Crippen LogP) is 3.25. The first-order valence-electron chi connectivity index (χ1n) is 6.10. The SMILES string of the molecule is C=CC[N+](O)(CC=C)C1CCc2ccccc21. The van der Waals surface area contributed by atoms with Crippen LogP contribution in [0.3, 0.4) is 0 Å². The topological polar surface area (TPSA) is 20.2 Å². The van der Waals surface area contributed by atoms with Gasteiger partial charge >= 0.3 is 0 Å². The third kappa shape index (κ3) is 2.19. The maximum atomic E-state index is 10.8. The second-order valence-electron chi connectivity index (χ2n) is 4.68. The molecule has 1 aliphatic rings. The van der Waals surface area contributed by atoms with Gasteiger partial charge in [-0.05, 0) is 24.1 Å². The van der Waals surface area contributed by atoms with Gasteiger partial charge in [0.15, 0.2) is 0 Å². The monoisotopic (exact) mass is 230 g/mol. The normalized spacial score (nSPS) is 18.8. The Morgan fingerprint density at radius 2 is 1.88 bits per heavy atom. The third-order valence-corrected chi connectivity index (χ3v) is 3.57. The summed E-state index contributed by atoms with van der Waals surface area (Å²) in [5.74, 6) is 0. The van der Waals surface area contributed by atoms with E-state index in [2.05, 4.69) is 31.4 Å². The molecule has 1 atom stereocenters. The second-order valence-corrected chi connectivity index (χ2v) is 4.68. The average molecular weight is 230 g/mol. The molecule has 90 valence electrons. The fourth-order valence-electron chi connectivity index (χ4n) is 2.81. The Bertz CT molecular complexity index is 415. The number of rotatable bonds is 5. The van der Waals surface area contributed by atoms with E-state index in [0.717, 1.165) is 12.8 Å². The number of hydrogen-bond acceptors (Lipinski definition) is 1. The van der Waals surface area contributed by atoms with E-state index in [-0.39, 0.29) is 10.7 Å². The summed E-state index contributed by atoms with van der Waals surface area (Å²) < 4.78 is 0.00398. The van der Waals surface area contributed by atoms with E-state index in [9.17, 15) is 5.21 Å². The molecule has 0 radical (unpaired) electrons. The average Bonchev–Trinajstić information content (AvgIpc) is 2.74. The lowest BCUT2D eigenvalue weighted by atomic mass is 10.1. The van der Waals surface area contributed by atoms with Crippen molar-refractivity contribution < 1.29 is 9.85 Å². The number of hydroxylamine groups is 3. The highest BCUT2D eigenvalue weighted by atomic mass is 16.5. The fraction of sp³-hybridized carbons (Fsp3) is 0.333. The Balaban J connectivity index is 2.33. The van der Waals surface area contributed by atoms with E-state index in [1.165, 1.54) is 11.1 Å². The molecule has 0 aliphatic heterocycles. The molecule has 1 unspecified atom stereocenters. The molecular weight excluding hydrogens is 210 g/mol. The quantitative estimate of drug-likeness (QED) is 0.467. The van der Waals surface area contributed by atoms with Crippen molar-refractivity contribution in [1.29, 1.82) is 0 Å². The molecule has 0 bridgehead atoms. The van der Waals surface area contributed by atoms with Gasteiger partial charge in [-0.25, -0.2) is 5.21 Å². The number of benzene rings is 1. The van der Waals surface area contributed by atoms with Crippen LogP contribution in [0.5, 0.6) is 0 Å². The van der Waals surface area contributed by atoms with Gasteiger partial charge in [-0.2, -0.15) is 4.65 Å². The molecule has 2 nitrogen and oxygen atoms in total. The molecule has 0 amide bonds. The first kappa shape index (κ1) is 12.1. The van der Waals surface area contributed by atoms with Gasteiger partial charge in [-0.1, -0.05) is 37.4 Å². The van der Waals surface area contributed by atoms with Crippen LogP contribution in [0.25, 0.3) is 0 Å². The molecule has 17 heavy (non-hydrogen) atoms. The van der Waals surface area contributed by atoms with E-state index in [4.69, 9.17) is 0 Å². The molecule has 1 aromatic rings. The van der Waals surface area contributed by atoms with Crippen LogP contribution in [0.4, 0.5) is 0 Å². The van der Waals surface area contributed by atoms with E-state index in [1.807, 2.05) is 6.07 Å². The van der Waals surface area contributed by atoms with Crippen LogP contribution in [0.15, 0.2) is 49.6 Å². The first-order valence-corrected chi connectivity index (χ1v) is 6.10. The van der Waals surface area contributed by atoms with Gasteiger partial charge in [0.2, 0.25) is 0 Å². The lowest BCUT2D eigenvalue weighted by molar-refractivity contribution is -1.12. The number of quaternary nitrogens is 1. The van der Waals surface area contributed by atoms with Crippen LogP contribution >= 0.6 is 0 Å². The maximum Gasteiger partial charge on any atom is 0.145 e. The van der Waals surface area contributed by atoms with E-state index < -0.39 is 0 Å². The molecule has 1 N–H and O–H groups in total. The Morgan fingerprint density at radius 1 is 1.24 bits per heavy atom. The lowest BCUT2D eigenvalue weighted by Crippen LogP contribution is -2.47. The zero-order valence-electron chi connectivity index (χ0n) is 10.2. The Labute approximate surface area is 103 Å². The maximum absolute atomic E-state index is 10.8. The molecule has 0 spiro atoms. The number of fused-ring (bicyclic) bond motifs is 1. The number of nitrogens with zero attached hydrogens (tertiary/aromatic N) is 1. The minimum atomic E-state index is 0.00398. The van der Waals surface area contributed by atoms with Crippen molar-refractivity contribution >= 4 is 0 Å².